The molecule has 3 aromatic rings. The smallest absolute Gasteiger partial charge is 0.216 e. The summed E-state index contributed by atoms with van der Waals surface area (Å²) < 4.78 is 7.30. The number of halogens is 2. The molecule has 3 rings (SSSR count). The quantitative estimate of drug-likeness (QED) is 0.479. The Morgan fingerprint density at radius 2 is 2.00 bits per heavy atom. The highest BCUT2D eigenvalue weighted by atomic mass is 35.5. The standard InChI is InChI=1S/C17H14Cl2N4OS/c1-2-24-13-6-3-11(4-7-13)10-20-23-16(21-22-17(23)25)14-8-5-12(18)9-15(14)19/h3-10H,2H2,1H3,(H,22,25)/b20-10+. The number of aromatic amines is 1. The molecule has 0 unspecified atom stereocenters. The van der Waals surface area contributed by atoms with E-state index in [-0.39, 0.29) is 0 Å². The SMILES string of the molecule is CCOc1ccc(/C=N/n2c(-c3ccc(Cl)cc3Cl)n[nH]c2=S)cc1. The van der Waals surface area contributed by atoms with Crippen LogP contribution in [0.25, 0.3) is 11.4 Å². The fourth-order valence-electron chi connectivity index (χ4n) is 2.19. The number of hydrogen-bond acceptors (Lipinski definition) is 4. The Morgan fingerprint density at radius 3 is 2.68 bits per heavy atom. The van der Waals surface area contributed by atoms with Gasteiger partial charge in [0.15, 0.2) is 5.82 Å². The fraction of sp³-hybridized carbons (Fsp3) is 0.118. The van der Waals surface area contributed by atoms with Gasteiger partial charge in [0.05, 0.1) is 17.8 Å². The van der Waals surface area contributed by atoms with Crippen LogP contribution < -0.4 is 4.74 Å². The van der Waals surface area contributed by atoms with Crippen LogP contribution in [-0.2, 0) is 0 Å². The third-order valence-corrected chi connectivity index (χ3v) is 4.15. The highest BCUT2D eigenvalue weighted by molar-refractivity contribution is 7.71. The minimum Gasteiger partial charge on any atom is -0.494 e. The molecule has 0 aliphatic rings. The molecule has 25 heavy (non-hydrogen) atoms. The number of nitrogens with one attached hydrogen (secondary N) is 1. The van der Waals surface area contributed by atoms with Crippen molar-refractivity contribution in [3.8, 4) is 17.1 Å². The van der Waals surface area contributed by atoms with Crippen molar-refractivity contribution in [2.45, 2.75) is 6.92 Å². The van der Waals surface area contributed by atoms with E-state index in [1.54, 1.807) is 24.4 Å². The first-order chi connectivity index (χ1) is 12.1. The van der Waals surface area contributed by atoms with Crippen molar-refractivity contribution in [1.29, 1.82) is 0 Å². The molecule has 0 atom stereocenters. The Balaban J connectivity index is 1.93. The Morgan fingerprint density at radius 1 is 1.24 bits per heavy atom. The second kappa shape index (κ2) is 7.82. The van der Waals surface area contributed by atoms with Crippen LogP contribution in [0.4, 0.5) is 0 Å². The predicted molar refractivity (Wildman–Crippen MR) is 103 cm³/mol. The number of H-pyrrole nitrogens is 1. The minimum absolute atomic E-state index is 0.364. The summed E-state index contributed by atoms with van der Waals surface area (Å²) in [6.45, 7) is 2.57. The predicted octanol–water partition coefficient (Wildman–Crippen LogP) is 5.20. The van der Waals surface area contributed by atoms with Gasteiger partial charge in [-0.25, -0.2) is 5.10 Å². The minimum atomic E-state index is 0.364. The first kappa shape index (κ1) is 17.7. The zero-order chi connectivity index (χ0) is 17.8. The molecule has 128 valence electrons. The fourth-order valence-corrected chi connectivity index (χ4v) is 2.86. The van der Waals surface area contributed by atoms with Gasteiger partial charge in [0.1, 0.15) is 5.75 Å². The molecule has 0 fully saturated rings. The topological polar surface area (TPSA) is 55.2 Å². The van der Waals surface area contributed by atoms with E-state index >= 15 is 0 Å². The maximum Gasteiger partial charge on any atom is 0.216 e. The van der Waals surface area contributed by atoms with E-state index in [1.165, 1.54) is 4.68 Å². The molecule has 1 N–H and O–H groups in total. The Hall–Kier alpha value is -2.15. The molecule has 0 spiro atoms. The summed E-state index contributed by atoms with van der Waals surface area (Å²) in [6.07, 6.45) is 1.69. The summed E-state index contributed by atoms with van der Waals surface area (Å²) in [5.74, 6) is 1.32. The van der Waals surface area contributed by atoms with E-state index in [0.717, 1.165) is 11.3 Å². The molecule has 5 nitrogen and oxygen atoms in total. The van der Waals surface area contributed by atoms with E-state index in [1.807, 2.05) is 31.2 Å². The maximum atomic E-state index is 6.26. The molecule has 0 amide bonds. The monoisotopic (exact) mass is 392 g/mol. The third kappa shape index (κ3) is 4.10. The summed E-state index contributed by atoms with van der Waals surface area (Å²) in [5.41, 5.74) is 1.59. The highest BCUT2D eigenvalue weighted by Gasteiger charge is 2.12. The zero-order valence-corrected chi connectivity index (χ0v) is 15.6. The number of aromatic nitrogens is 3. The molecule has 0 saturated heterocycles. The van der Waals surface area contributed by atoms with Crippen LogP contribution in [0.2, 0.25) is 10.0 Å². The van der Waals surface area contributed by atoms with Crippen molar-refractivity contribution in [2.24, 2.45) is 5.10 Å². The molecule has 2 aromatic carbocycles. The van der Waals surface area contributed by atoms with Crippen LogP contribution in [0.1, 0.15) is 12.5 Å². The second-order valence-electron chi connectivity index (χ2n) is 5.03. The van der Waals surface area contributed by atoms with Gasteiger partial charge < -0.3 is 4.74 Å². The lowest BCUT2D eigenvalue weighted by Crippen LogP contribution is -1.96. The molecule has 0 bridgehead atoms. The average Bonchev–Trinajstić information content (AvgIpc) is 2.95. The van der Waals surface area contributed by atoms with Crippen molar-refractivity contribution < 1.29 is 4.74 Å². The lowest BCUT2D eigenvalue weighted by Gasteiger charge is -2.04. The molecule has 0 aliphatic heterocycles. The molecule has 1 aromatic heterocycles. The normalized spacial score (nSPS) is 11.2. The number of benzene rings is 2. The molecule has 0 aliphatic carbocycles. The van der Waals surface area contributed by atoms with Crippen molar-refractivity contribution in [3.63, 3.8) is 0 Å². The van der Waals surface area contributed by atoms with E-state index in [2.05, 4.69) is 15.3 Å². The molecular weight excluding hydrogens is 379 g/mol. The molecule has 1 heterocycles. The van der Waals surface area contributed by atoms with Crippen LogP contribution in [0, 0.1) is 4.77 Å². The highest BCUT2D eigenvalue weighted by Crippen LogP contribution is 2.29. The van der Waals surface area contributed by atoms with Gasteiger partial charge >= 0.3 is 0 Å². The van der Waals surface area contributed by atoms with Crippen molar-refractivity contribution >= 4 is 41.6 Å². The van der Waals surface area contributed by atoms with Crippen LogP contribution in [0.15, 0.2) is 47.6 Å². The molecule has 0 saturated carbocycles. The average molecular weight is 393 g/mol. The van der Waals surface area contributed by atoms with Gasteiger partial charge in [0.25, 0.3) is 0 Å². The summed E-state index contributed by atoms with van der Waals surface area (Å²) in [4.78, 5) is 0. The number of nitrogens with zero attached hydrogens (tertiary/aromatic N) is 3. The van der Waals surface area contributed by atoms with Gasteiger partial charge in [0.2, 0.25) is 4.77 Å². The van der Waals surface area contributed by atoms with Gasteiger partial charge in [-0.2, -0.15) is 14.9 Å². The summed E-state index contributed by atoms with van der Waals surface area (Å²) >= 11 is 17.5. The number of ether oxygens (including phenoxy) is 1. The lowest BCUT2D eigenvalue weighted by molar-refractivity contribution is 0.340. The van der Waals surface area contributed by atoms with Gasteiger partial charge in [-0.3, -0.25) is 0 Å². The number of hydrogen-bond donors (Lipinski definition) is 1. The Bertz CT molecular complexity index is 964. The molecule has 8 heteroatoms. The van der Waals surface area contributed by atoms with Gasteiger partial charge in [-0.1, -0.05) is 23.2 Å². The lowest BCUT2D eigenvalue weighted by atomic mass is 10.2. The zero-order valence-electron chi connectivity index (χ0n) is 13.2. The van der Waals surface area contributed by atoms with Gasteiger partial charge in [-0.05, 0) is 67.2 Å². The second-order valence-corrected chi connectivity index (χ2v) is 6.27. The van der Waals surface area contributed by atoms with Crippen molar-refractivity contribution in [3.05, 3.63) is 62.8 Å². The van der Waals surface area contributed by atoms with Crippen molar-refractivity contribution in [1.82, 2.24) is 14.9 Å². The van der Waals surface area contributed by atoms with Crippen LogP contribution in [0.3, 0.4) is 0 Å². The summed E-state index contributed by atoms with van der Waals surface area (Å²) in [7, 11) is 0. The van der Waals surface area contributed by atoms with Gasteiger partial charge in [0, 0.05) is 10.6 Å². The van der Waals surface area contributed by atoms with Crippen LogP contribution in [0.5, 0.6) is 5.75 Å². The van der Waals surface area contributed by atoms with E-state index in [9.17, 15) is 0 Å². The molecule has 0 radical (unpaired) electrons. The summed E-state index contributed by atoms with van der Waals surface area (Å²) in [5, 5.41) is 12.4. The van der Waals surface area contributed by atoms with E-state index < -0.39 is 0 Å². The van der Waals surface area contributed by atoms with E-state index in [4.69, 9.17) is 40.2 Å². The van der Waals surface area contributed by atoms with Gasteiger partial charge in [-0.15, -0.1) is 0 Å². The molecular formula is C17H14Cl2N4OS. The maximum absolute atomic E-state index is 6.26. The number of rotatable bonds is 5. The summed E-state index contributed by atoms with van der Waals surface area (Å²) in [6, 6.07) is 12.8. The Labute approximate surface area is 159 Å². The third-order valence-electron chi connectivity index (χ3n) is 3.34. The van der Waals surface area contributed by atoms with Crippen LogP contribution >= 0.6 is 35.4 Å². The Kier molecular flexibility index (Phi) is 5.53. The first-order valence-corrected chi connectivity index (χ1v) is 8.65. The van der Waals surface area contributed by atoms with Crippen LogP contribution in [-0.4, -0.2) is 27.7 Å². The largest absolute Gasteiger partial charge is 0.494 e. The van der Waals surface area contributed by atoms with Crippen molar-refractivity contribution in [2.75, 3.05) is 6.61 Å². The van der Waals surface area contributed by atoms with E-state index in [0.29, 0.717) is 32.8 Å². The first-order valence-electron chi connectivity index (χ1n) is 7.48.